The lowest BCUT2D eigenvalue weighted by Crippen LogP contribution is -2.18. The summed E-state index contributed by atoms with van der Waals surface area (Å²) in [6, 6.07) is 4.47. The van der Waals surface area contributed by atoms with E-state index in [1.54, 1.807) is 0 Å². The zero-order valence-corrected chi connectivity index (χ0v) is 9.58. The maximum Gasteiger partial charge on any atom is 0.0299 e. The van der Waals surface area contributed by atoms with Crippen molar-refractivity contribution in [2.24, 2.45) is 5.92 Å². The average Bonchev–Trinajstić information content (AvgIpc) is 2.52. The van der Waals surface area contributed by atoms with Gasteiger partial charge < -0.3 is 5.32 Å². The molecule has 13 heavy (non-hydrogen) atoms. The van der Waals surface area contributed by atoms with Crippen LogP contribution in [0.25, 0.3) is 0 Å². The molecule has 1 nitrogen and oxygen atoms in total. The lowest BCUT2D eigenvalue weighted by molar-refractivity contribution is 0.555. The predicted octanol–water partition coefficient (Wildman–Crippen LogP) is 3.06. The fraction of sp³-hybridized carbons (Fsp3) is 0.636. The molecule has 0 spiro atoms. The van der Waals surface area contributed by atoms with Gasteiger partial charge in [-0.05, 0) is 31.0 Å². The summed E-state index contributed by atoms with van der Waals surface area (Å²) in [6.45, 7) is 8.82. The standard InChI is InChI=1S/C11H19NS/c1-4-10-5-6-11(13-10)8-12-7-9(2)3/h5-6,9,12H,4,7-8H2,1-3H3. The van der Waals surface area contributed by atoms with E-state index in [1.807, 2.05) is 11.3 Å². The lowest BCUT2D eigenvalue weighted by Gasteiger charge is -2.05. The minimum Gasteiger partial charge on any atom is -0.312 e. The van der Waals surface area contributed by atoms with Gasteiger partial charge >= 0.3 is 0 Å². The monoisotopic (exact) mass is 197 g/mol. The predicted molar refractivity (Wildman–Crippen MR) is 60.2 cm³/mol. The van der Waals surface area contributed by atoms with Crippen molar-refractivity contribution in [1.29, 1.82) is 0 Å². The number of rotatable bonds is 5. The molecule has 0 aliphatic heterocycles. The summed E-state index contributed by atoms with van der Waals surface area (Å²) in [5, 5.41) is 3.45. The molecule has 0 saturated carbocycles. The van der Waals surface area contributed by atoms with Crippen LogP contribution in [-0.4, -0.2) is 6.54 Å². The molecule has 0 aromatic carbocycles. The summed E-state index contributed by atoms with van der Waals surface area (Å²) >= 11 is 1.92. The summed E-state index contributed by atoms with van der Waals surface area (Å²) in [5.41, 5.74) is 0. The molecule has 0 saturated heterocycles. The maximum absolute atomic E-state index is 3.45. The smallest absolute Gasteiger partial charge is 0.0299 e. The average molecular weight is 197 g/mol. The van der Waals surface area contributed by atoms with E-state index in [2.05, 4.69) is 38.2 Å². The lowest BCUT2D eigenvalue weighted by atomic mass is 10.2. The molecule has 0 aliphatic rings. The van der Waals surface area contributed by atoms with E-state index < -0.39 is 0 Å². The van der Waals surface area contributed by atoms with Crippen molar-refractivity contribution in [3.63, 3.8) is 0 Å². The van der Waals surface area contributed by atoms with Crippen LogP contribution in [0.1, 0.15) is 30.5 Å². The minimum absolute atomic E-state index is 0.741. The van der Waals surface area contributed by atoms with Crippen LogP contribution in [0.5, 0.6) is 0 Å². The molecule has 0 fully saturated rings. The Morgan fingerprint density at radius 2 is 2.00 bits per heavy atom. The van der Waals surface area contributed by atoms with E-state index in [9.17, 15) is 0 Å². The molecule has 1 heterocycles. The van der Waals surface area contributed by atoms with E-state index in [1.165, 1.54) is 9.75 Å². The minimum atomic E-state index is 0.741. The fourth-order valence-electron chi connectivity index (χ4n) is 1.19. The zero-order chi connectivity index (χ0) is 9.68. The Kier molecular flexibility index (Phi) is 4.46. The number of thiophene rings is 1. The third-order valence-electron chi connectivity index (χ3n) is 1.92. The van der Waals surface area contributed by atoms with Gasteiger partial charge in [0.1, 0.15) is 0 Å². The van der Waals surface area contributed by atoms with E-state index in [4.69, 9.17) is 0 Å². The third-order valence-corrected chi connectivity index (χ3v) is 3.15. The van der Waals surface area contributed by atoms with Gasteiger partial charge in [-0.15, -0.1) is 11.3 Å². The van der Waals surface area contributed by atoms with Gasteiger partial charge in [0, 0.05) is 16.3 Å². The Hall–Kier alpha value is -0.340. The number of nitrogens with one attached hydrogen (secondary N) is 1. The Balaban J connectivity index is 2.28. The second-order valence-electron chi connectivity index (χ2n) is 3.75. The molecule has 0 bridgehead atoms. The molecule has 2 heteroatoms. The normalized spacial score (nSPS) is 11.1. The molecule has 0 amide bonds. The molecular formula is C11H19NS. The molecule has 1 aromatic rings. The van der Waals surface area contributed by atoms with Crippen LogP contribution in [0.3, 0.4) is 0 Å². The van der Waals surface area contributed by atoms with E-state index in [0.717, 1.165) is 25.4 Å². The number of hydrogen-bond donors (Lipinski definition) is 1. The fourth-order valence-corrected chi connectivity index (χ4v) is 2.12. The zero-order valence-electron chi connectivity index (χ0n) is 8.76. The number of aryl methyl sites for hydroxylation is 1. The van der Waals surface area contributed by atoms with Crippen LogP contribution in [0, 0.1) is 5.92 Å². The van der Waals surface area contributed by atoms with Gasteiger partial charge in [0.2, 0.25) is 0 Å². The molecular weight excluding hydrogens is 178 g/mol. The highest BCUT2D eigenvalue weighted by molar-refractivity contribution is 7.11. The highest BCUT2D eigenvalue weighted by Gasteiger charge is 1.98. The quantitative estimate of drug-likeness (QED) is 0.765. The molecule has 1 aromatic heterocycles. The maximum atomic E-state index is 3.45. The summed E-state index contributed by atoms with van der Waals surface area (Å²) < 4.78 is 0. The second-order valence-corrected chi connectivity index (χ2v) is 5.00. The van der Waals surface area contributed by atoms with Crippen molar-refractivity contribution >= 4 is 11.3 Å². The summed E-state index contributed by atoms with van der Waals surface area (Å²) in [4.78, 5) is 2.94. The SMILES string of the molecule is CCc1ccc(CNCC(C)C)s1. The van der Waals surface area contributed by atoms with Crippen LogP contribution in [0.2, 0.25) is 0 Å². The first kappa shape index (κ1) is 10.7. The molecule has 0 radical (unpaired) electrons. The first-order valence-electron chi connectivity index (χ1n) is 5.00. The van der Waals surface area contributed by atoms with Crippen LogP contribution in [0.4, 0.5) is 0 Å². The van der Waals surface area contributed by atoms with Crippen molar-refractivity contribution < 1.29 is 0 Å². The van der Waals surface area contributed by atoms with Crippen LogP contribution < -0.4 is 5.32 Å². The van der Waals surface area contributed by atoms with Gasteiger partial charge in [-0.25, -0.2) is 0 Å². The van der Waals surface area contributed by atoms with Gasteiger partial charge in [-0.2, -0.15) is 0 Å². The van der Waals surface area contributed by atoms with Crippen LogP contribution in [-0.2, 0) is 13.0 Å². The molecule has 0 atom stereocenters. The molecule has 1 rings (SSSR count). The van der Waals surface area contributed by atoms with Gasteiger partial charge in [0.25, 0.3) is 0 Å². The molecule has 0 unspecified atom stereocenters. The van der Waals surface area contributed by atoms with Gasteiger partial charge in [-0.1, -0.05) is 20.8 Å². The van der Waals surface area contributed by atoms with Gasteiger partial charge in [-0.3, -0.25) is 0 Å². The van der Waals surface area contributed by atoms with E-state index in [0.29, 0.717) is 0 Å². The van der Waals surface area contributed by atoms with Crippen molar-refractivity contribution in [2.75, 3.05) is 6.54 Å². The van der Waals surface area contributed by atoms with Gasteiger partial charge in [0.15, 0.2) is 0 Å². The van der Waals surface area contributed by atoms with Crippen LogP contribution in [0.15, 0.2) is 12.1 Å². The summed E-state index contributed by atoms with van der Waals surface area (Å²) in [7, 11) is 0. The van der Waals surface area contributed by atoms with E-state index >= 15 is 0 Å². The highest BCUT2D eigenvalue weighted by Crippen LogP contribution is 2.16. The highest BCUT2D eigenvalue weighted by atomic mass is 32.1. The Bertz CT molecular complexity index is 240. The van der Waals surface area contributed by atoms with Crippen molar-refractivity contribution in [1.82, 2.24) is 5.32 Å². The first-order valence-corrected chi connectivity index (χ1v) is 5.82. The largest absolute Gasteiger partial charge is 0.312 e. The Morgan fingerprint density at radius 3 is 2.54 bits per heavy atom. The van der Waals surface area contributed by atoms with Crippen molar-refractivity contribution in [3.8, 4) is 0 Å². The summed E-state index contributed by atoms with van der Waals surface area (Å²) in [6.07, 6.45) is 1.16. The van der Waals surface area contributed by atoms with Crippen LogP contribution >= 0.6 is 11.3 Å². The first-order chi connectivity index (χ1) is 6.22. The van der Waals surface area contributed by atoms with E-state index in [-0.39, 0.29) is 0 Å². The number of hydrogen-bond acceptors (Lipinski definition) is 2. The molecule has 1 N–H and O–H groups in total. The summed E-state index contributed by atoms with van der Waals surface area (Å²) in [5.74, 6) is 0.741. The Morgan fingerprint density at radius 1 is 1.31 bits per heavy atom. The second kappa shape index (κ2) is 5.40. The van der Waals surface area contributed by atoms with Crippen molar-refractivity contribution in [3.05, 3.63) is 21.9 Å². The van der Waals surface area contributed by atoms with Gasteiger partial charge in [0.05, 0.1) is 0 Å². The Labute approximate surface area is 85.2 Å². The van der Waals surface area contributed by atoms with Crippen molar-refractivity contribution in [2.45, 2.75) is 33.7 Å². The molecule has 0 aliphatic carbocycles. The molecule has 74 valence electrons. The third kappa shape index (κ3) is 3.92. The topological polar surface area (TPSA) is 12.0 Å².